The SMILES string of the molecule is C\C=C/C=C1\C(=C/C)C(=O)CN(C)C1C. The lowest BCUT2D eigenvalue weighted by atomic mass is 9.90. The van der Waals surface area contributed by atoms with Gasteiger partial charge in [-0.2, -0.15) is 0 Å². The van der Waals surface area contributed by atoms with Crippen LogP contribution in [0.5, 0.6) is 0 Å². The van der Waals surface area contributed by atoms with Gasteiger partial charge in [0.05, 0.1) is 6.54 Å². The maximum atomic E-state index is 11.8. The van der Waals surface area contributed by atoms with Crippen molar-refractivity contribution in [1.29, 1.82) is 0 Å². The fourth-order valence-corrected chi connectivity index (χ4v) is 1.83. The van der Waals surface area contributed by atoms with Crippen LogP contribution in [-0.4, -0.2) is 30.3 Å². The van der Waals surface area contributed by atoms with Crippen LogP contribution in [0.4, 0.5) is 0 Å². The van der Waals surface area contributed by atoms with Crippen molar-refractivity contribution in [1.82, 2.24) is 4.90 Å². The lowest BCUT2D eigenvalue weighted by Crippen LogP contribution is -2.42. The van der Waals surface area contributed by atoms with E-state index in [1.165, 1.54) is 0 Å². The van der Waals surface area contributed by atoms with E-state index < -0.39 is 0 Å². The fourth-order valence-electron chi connectivity index (χ4n) is 1.83. The van der Waals surface area contributed by atoms with E-state index in [9.17, 15) is 4.79 Å². The molecule has 0 aromatic rings. The molecule has 1 aliphatic rings. The first kappa shape index (κ1) is 11.9. The number of likely N-dealkylation sites (N-methyl/N-ethyl adjacent to an activating group) is 1. The second-order valence-electron chi connectivity index (χ2n) is 3.86. The van der Waals surface area contributed by atoms with Crippen molar-refractivity contribution in [2.75, 3.05) is 13.6 Å². The molecule has 1 fully saturated rings. The Hall–Kier alpha value is -1.15. The number of hydrogen-bond acceptors (Lipinski definition) is 2. The molecule has 2 nitrogen and oxygen atoms in total. The van der Waals surface area contributed by atoms with Gasteiger partial charge in [0, 0.05) is 11.6 Å². The number of Topliss-reactive ketones (excluding diaryl/α,β-unsaturated/α-hetero) is 1. The third-order valence-electron chi connectivity index (χ3n) is 2.87. The molecule has 0 aliphatic carbocycles. The predicted octanol–water partition coefficient (Wildman–Crippen LogP) is 2.34. The zero-order valence-electron chi connectivity index (χ0n) is 9.95. The van der Waals surface area contributed by atoms with Crippen LogP contribution >= 0.6 is 0 Å². The Morgan fingerprint density at radius 2 is 2.07 bits per heavy atom. The minimum absolute atomic E-state index is 0.217. The van der Waals surface area contributed by atoms with Gasteiger partial charge >= 0.3 is 0 Å². The normalized spacial score (nSPS) is 29.6. The number of carbonyl (C=O) groups is 1. The third-order valence-corrected chi connectivity index (χ3v) is 2.87. The smallest absolute Gasteiger partial charge is 0.176 e. The predicted molar refractivity (Wildman–Crippen MR) is 63.8 cm³/mol. The van der Waals surface area contributed by atoms with Crippen LogP contribution in [-0.2, 0) is 4.79 Å². The van der Waals surface area contributed by atoms with E-state index in [4.69, 9.17) is 0 Å². The topological polar surface area (TPSA) is 20.3 Å². The van der Waals surface area contributed by atoms with Crippen molar-refractivity contribution in [2.45, 2.75) is 26.8 Å². The van der Waals surface area contributed by atoms with Gasteiger partial charge in [0.2, 0.25) is 0 Å². The average Bonchev–Trinajstić information content (AvgIpc) is 2.21. The average molecular weight is 205 g/mol. The van der Waals surface area contributed by atoms with Crippen molar-refractivity contribution in [3.8, 4) is 0 Å². The first-order chi connectivity index (χ1) is 7.11. The van der Waals surface area contributed by atoms with Crippen LogP contribution in [0.2, 0.25) is 0 Å². The van der Waals surface area contributed by atoms with Crippen LogP contribution in [0.25, 0.3) is 0 Å². The summed E-state index contributed by atoms with van der Waals surface area (Å²) in [5.74, 6) is 0.217. The summed E-state index contributed by atoms with van der Waals surface area (Å²) < 4.78 is 0. The van der Waals surface area contributed by atoms with Gasteiger partial charge in [0.15, 0.2) is 5.78 Å². The monoisotopic (exact) mass is 205 g/mol. The summed E-state index contributed by atoms with van der Waals surface area (Å²) in [6, 6.07) is 0.310. The summed E-state index contributed by atoms with van der Waals surface area (Å²) in [7, 11) is 1.98. The van der Waals surface area contributed by atoms with Gasteiger partial charge in [-0.1, -0.05) is 24.3 Å². The lowest BCUT2D eigenvalue weighted by Gasteiger charge is -2.32. The van der Waals surface area contributed by atoms with Crippen molar-refractivity contribution in [2.24, 2.45) is 0 Å². The first-order valence-corrected chi connectivity index (χ1v) is 5.34. The molecule has 82 valence electrons. The van der Waals surface area contributed by atoms with E-state index in [0.29, 0.717) is 12.6 Å². The second-order valence-corrected chi connectivity index (χ2v) is 3.86. The van der Waals surface area contributed by atoms with E-state index in [2.05, 4.69) is 11.8 Å². The minimum atomic E-state index is 0.217. The molecule has 1 atom stereocenters. The molecule has 0 radical (unpaired) electrons. The number of piperidine rings is 1. The number of carbonyl (C=O) groups excluding carboxylic acids is 1. The van der Waals surface area contributed by atoms with Crippen molar-refractivity contribution in [3.63, 3.8) is 0 Å². The van der Waals surface area contributed by atoms with Crippen LogP contribution in [0, 0.1) is 0 Å². The molecular formula is C13H19NO. The summed E-state index contributed by atoms with van der Waals surface area (Å²) in [6.07, 6.45) is 7.92. The number of nitrogens with zero attached hydrogens (tertiary/aromatic N) is 1. The van der Waals surface area contributed by atoms with E-state index in [1.807, 2.05) is 45.2 Å². The van der Waals surface area contributed by atoms with Crippen LogP contribution in [0.3, 0.4) is 0 Å². The molecule has 0 bridgehead atoms. The van der Waals surface area contributed by atoms with Crippen molar-refractivity contribution in [3.05, 3.63) is 35.5 Å². The second kappa shape index (κ2) is 5.08. The molecule has 1 heterocycles. The summed E-state index contributed by atoms with van der Waals surface area (Å²) >= 11 is 0. The first-order valence-electron chi connectivity index (χ1n) is 5.34. The molecule has 1 saturated heterocycles. The van der Waals surface area contributed by atoms with Gasteiger partial charge in [-0.25, -0.2) is 0 Å². The number of likely N-dealkylation sites (tertiary alicyclic amines) is 1. The van der Waals surface area contributed by atoms with Gasteiger partial charge in [0.1, 0.15) is 0 Å². The van der Waals surface area contributed by atoms with E-state index in [0.717, 1.165) is 11.1 Å². The highest BCUT2D eigenvalue weighted by molar-refractivity contribution is 6.02. The highest BCUT2D eigenvalue weighted by Crippen LogP contribution is 2.24. The van der Waals surface area contributed by atoms with Crippen LogP contribution in [0.1, 0.15) is 20.8 Å². The van der Waals surface area contributed by atoms with Crippen molar-refractivity contribution < 1.29 is 4.79 Å². The number of rotatable bonds is 1. The summed E-state index contributed by atoms with van der Waals surface area (Å²) in [5, 5.41) is 0. The molecule has 1 aliphatic heterocycles. The molecule has 1 rings (SSSR count). The molecule has 0 spiro atoms. The van der Waals surface area contributed by atoms with Gasteiger partial charge in [0.25, 0.3) is 0 Å². The minimum Gasteiger partial charge on any atom is -0.293 e. The van der Waals surface area contributed by atoms with Crippen molar-refractivity contribution >= 4 is 5.78 Å². The Morgan fingerprint density at radius 1 is 1.40 bits per heavy atom. The highest BCUT2D eigenvalue weighted by atomic mass is 16.1. The van der Waals surface area contributed by atoms with Gasteiger partial charge in [-0.05, 0) is 33.4 Å². The van der Waals surface area contributed by atoms with Gasteiger partial charge in [-0.15, -0.1) is 0 Å². The maximum Gasteiger partial charge on any atom is 0.176 e. The Kier molecular flexibility index (Phi) is 4.04. The zero-order valence-corrected chi connectivity index (χ0v) is 9.95. The molecule has 2 heteroatoms. The number of hydrogen-bond donors (Lipinski definition) is 0. The summed E-state index contributed by atoms with van der Waals surface area (Å²) in [4.78, 5) is 13.9. The number of ketones is 1. The summed E-state index contributed by atoms with van der Waals surface area (Å²) in [5.41, 5.74) is 1.99. The molecule has 0 saturated carbocycles. The zero-order chi connectivity index (χ0) is 11.4. The number of allylic oxidation sites excluding steroid dienone is 4. The largest absolute Gasteiger partial charge is 0.293 e. The third kappa shape index (κ3) is 2.45. The van der Waals surface area contributed by atoms with Crippen LogP contribution < -0.4 is 0 Å². The maximum absolute atomic E-state index is 11.8. The summed E-state index contributed by atoms with van der Waals surface area (Å²) in [6.45, 7) is 6.56. The molecule has 0 aromatic carbocycles. The Balaban J connectivity index is 3.10. The molecular weight excluding hydrogens is 186 g/mol. The molecule has 0 amide bonds. The van der Waals surface area contributed by atoms with E-state index in [1.54, 1.807) is 0 Å². The van der Waals surface area contributed by atoms with E-state index in [-0.39, 0.29) is 5.78 Å². The van der Waals surface area contributed by atoms with Crippen LogP contribution in [0.15, 0.2) is 35.5 Å². The Labute approximate surface area is 92.0 Å². The molecule has 0 N–H and O–H groups in total. The fraction of sp³-hybridized carbons (Fsp3) is 0.462. The van der Waals surface area contributed by atoms with Gasteiger partial charge in [-0.3, -0.25) is 9.69 Å². The quantitative estimate of drug-likeness (QED) is 0.612. The molecule has 0 aromatic heterocycles. The lowest BCUT2D eigenvalue weighted by molar-refractivity contribution is -0.117. The van der Waals surface area contributed by atoms with E-state index >= 15 is 0 Å². The van der Waals surface area contributed by atoms with Gasteiger partial charge < -0.3 is 0 Å². The standard InChI is InChI=1S/C13H19NO/c1-5-7-8-12-10(3)14(4)9-13(15)11(12)6-2/h5-8,10H,9H2,1-4H3/b7-5-,11-6+,12-8-. The highest BCUT2D eigenvalue weighted by Gasteiger charge is 2.28. The Bertz CT molecular complexity index is 336. The molecule has 1 unspecified atom stereocenters. The Morgan fingerprint density at radius 3 is 2.60 bits per heavy atom. The molecule has 15 heavy (non-hydrogen) atoms.